The molecular formula is C18H22N6S. The first-order valence-electron chi connectivity index (χ1n) is 8.61. The molecule has 0 unspecified atom stereocenters. The number of aromatic nitrogens is 5. The first kappa shape index (κ1) is 16.4. The van der Waals surface area contributed by atoms with Crippen LogP contribution in [0.2, 0.25) is 0 Å². The van der Waals surface area contributed by atoms with Crippen molar-refractivity contribution in [2.75, 3.05) is 13.1 Å². The minimum Gasteiger partial charge on any atom is -0.333 e. The summed E-state index contributed by atoms with van der Waals surface area (Å²) in [5.74, 6) is 1.29. The molecule has 1 aliphatic rings. The fourth-order valence-corrected chi connectivity index (χ4v) is 4.24. The Kier molecular flexibility index (Phi) is 4.59. The lowest BCUT2D eigenvalue weighted by Gasteiger charge is -2.32. The molecule has 130 valence electrons. The highest BCUT2D eigenvalue weighted by Crippen LogP contribution is 2.28. The molecule has 6 nitrogen and oxygen atoms in total. The van der Waals surface area contributed by atoms with Gasteiger partial charge in [0.1, 0.15) is 5.69 Å². The maximum Gasteiger partial charge on any atom is 0.159 e. The zero-order chi connectivity index (χ0) is 17.2. The summed E-state index contributed by atoms with van der Waals surface area (Å²) in [4.78, 5) is 21.9. The summed E-state index contributed by atoms with van der Waals surface area (Å²) in [5, 5.41) is 0. The number of rotatable bonds is 4. The minimum atomic E-state index is 0.426. The van der Waals surface area contributed by atoms with E-state index in [1.54, 1.807) is 23.7 Å². The predicted octanol–water partition coefficient (Wildman–Crippen LogP) is 3.02. The fraction of sp³-hybridized carbons (Fsp3) is 0.444. The summed E-state index contributed by atoms with van der Waals surface area (Å²) in [6.45, 7) is 5.24. The van der Waals surface area contributed by atoms with Crippen molar-refractivity contribution in [2.24, 2.45) is 7.05 Å². The second-order valence-corrected chi connectivity index (χ2v) is 7.57. The first-order chi connectivity index (χ1) is 12.2. The molecule has 0 saturated carbocycles. The van der Waals surface area contributed by atoms with Crippen LogP contribution in [0.15, 0.2) is 30.3 Å². The van der Waals surface area contributed by atoms with Crippen LogP contribution in [0.4, 0.5) is 0 Å². The van der Waals surface area contributed by atoms with E-state index in [1.165, 1.54) is 11.3 Å². The number of nitrogens with zero attached hydrogens (tertiary/aromatic N) is 6. The van der Waals surface area contributed by atoms with Crippen LogP contribution in [0, 0.1) is 6.92 Å². The van der Waals surface area contributed by atoms with Crippen LogP contribution in [0.1, 0.15) is 35.0 Å². The standard InChI is InChI=1S/C18H22N6S/c1-13-17(25-12-21-13)11-24-6-3-4-14(10-24)15-8-19-9-16(22-15)18-20-5-7-23(18)2/h5,7-9,12,14H,3-4,6,10-11H2,1-2H3/t14-/m1/s1. The molecule has 0 spiro atoms. The van der Waals surface area contributed by atoms with E-state index in [2.05, 4.69) is 26.8 Å². The summed E-state index contributed by atoms with van der Waals surface area (Å²) in [6, 6.07) is 0. The van der Waals surface area contributed by atoms with Crippen LogP contribution in [0.5, 0.6) is 0 Å². The average molecular weight is 354 g/mol. The van der Waals surface area contributed by atoms with Gasteiger partial charge in [0.05, 0.1) is 23.1 Å². The first-order valence-corrected chi connectivity index (χ1v) is 9.49. The Balaban J connectivity index is 1.51. The van der Waals surface area contributed by atoms with Crippen molar-refractivity contribution < 1.29 is 0 Å². The van der Waals surface area contributed by atoms with Gasteiger partial charge in [-0.25, -0.2) is 15.0 Å². The fourth-order valence-electron chi connectivity index (χ4n) is 3.42. The van der Waals surface area contributed by atoms with Crippen LogP contribution in [0.25, 0.3) is 11.5 Å². The van der Waals surface area contributed by atoms with Crippen molar-refractivity contribution in [2.45, 2.75) is 32.2 Å². The van der Waals surface area contributed by atoms with Gasteiger partial charge in [-0.3, -0.25) is 9.88 Å². The van der Waals surface area contributed by atoms with E-state index in [0.29, 0.717) is 5.92 Å². The van der Waals surface area contributed by atoms with Gasteiger partial charge in [-0.2, -0.15) is 0 Å². The Morgan fingerprint density at radius 2 is 2.20 bits per heavy atom. The highest BCUT2D eigenvalue weighted by molar-refractivity contribution is 7.09. The number of aryl methyl sites for hydroxylation is 2. The Bertz CT molecular complexity index is 855. The van der Waals surface area contributed by atoms with E-state index >= 15 is 0 Å². The van der Waals surface area contributed by atoms with Gasteiger partial charge in [0, 0.05) is 49.5 Å². The summed E-state index contributed by atoms with van der Waals surface area (Å²) < 4.78 is 1.98. The monoisotopic (exact) mass is 354 g/mol. The predicted molar refractivity (Wildman–Crippen MR) is 98.3 cm³/mol. The molecule has 0 bridgehead atoms. The van der Waals surface area contributed by atoms with Gasteiger partial charge in [-0.15, -0.1) is 11.3 Å². The third-order valence-electron chi connectivity index (χ3n) is 4.84. The van der Waals surface area contributed by atoms with E-state index in [-0.39, 0.29) is 0 Å². The Labute approximate surface area is 151 Å². The van der Waals surface area contributed by atoms with Crippen molar-refractivity contribution >= 4 is 11.3 Å². The molecule has 25 heavy (non-hydrogen) atoms. The third-order valence-corrected chi connectivity index (χ3v) is 5.76. The number of imidazole rings is 1. The molecule has 1 fully saturated rings. The molecule has 3 aromatic heterocycles. The van der Waals surface area contributed by atoms with E-state index in [9.17, 15) is 0 Å². The number of hydrogen-bond acceptors (Lipinski definition) is 6. The maximum absolute atomic E-state index is 4.87. The number of piperidine rings is 1. The highest BCUT2D eigenvalue weighted by Gasteiger charge is 2.24. The Morgan fingerprint density at radius 1 is 1.28 bits per heavy atom. The lowest BCUT2D eigenvalue weighted by atomic mass is 9.95. The molecule has 0 radical (unpaired) electrons. The molecular weight excluding hydrogens is 332 g/mol. The average Bonchev–Trinajstić information content (AvgIpc) is 3.24. The van der Waals surface area contributed by atoms with Gasteiger partial charge in [0.15, 0.2) is 5.82 Å². The van der Waals surface area contributed by atoms with E-state index in [0.717, 1.165) is 49.0 Å². The number of likely N-dealkylation sites (tertiary alicyclic amines) is 1. The molecule has 0 aromatic carbocycles. The van der Waals surface area contributed by atoms with Crippen LogP contribution >= 0.6 is 11.3 Å². The van der Waals surface area contributed by atoms with E-state index in [4.69, 9.17) is 4.98 Å². The lowest BCUT2D eigenvalue weighted by Crippen LogP contribution is -2.34. The minimum absolute atomic E-state index is 0.426. The number of hydrogen-bond donors (Lipinski definition) is 0. The topological polar surface area (TPSA) is 59.7 Å². The van der Waals surface area contributed by atoms with Gasteiger partial charge in [0.25, 0.3) is 0 Å². The van der Waals surface area contributed by atoms with Gasteiger partial charge in [-0.1, -0.05) is 0 Å². The van der Waals surface area contributed by atoms with Gasteiger partial charge in [-0.05, 0) is 26.3 Å². The molecule has 1 aliphatic heterocycles. The number of thiazole rings is 1. The van der Waals surface area contributed by atoms with Crippen LogP contribution in [0.3, 0.4) is 0 Å². The molecule has 3 aromatic rings. The maximum atomic E-state index is 4.87. The van der Waals surface area contributed by atoms with Crippen molar-refractivity contribution in [3.63, 3.8) is 0 Å². The molecule has 0 N–H and O–H groups in total. The largest absolute Gasteiger partial charge is 0.333 e. The summed E-state index contributed by atoms with van der Waals surface area (Å²) in [7, 11) is 1.98. The summed E-state index contributed by atoms with van der Waals surface area (Å²) in [6.07, 6.45) is 9.80. The summed E-state index contributed by atoms with van der Waals surface area (Å²) in [5.41, 5.74) is 5.02. The second-order valence-electron chi connectivity index (χ2n) is 6.63. The van der Waals surface area contributed by atoms with Crippen LogP contribution < -0.4 is 0 Å². The summed E-state index contributed by atoms with van der Waals surface area (Å²) >= 11 is 1.75. The quantitative estimate of drug-likeness (QED) is 0.721. The zero-order valence-corrected chi connectivity index (χ0v) is 15.4. The van der Waals surface area contributed by atoms with Crippen molar-refractivity contribution in [3.8, 4) is 11.5 Å². The van der Waals surface area contributed by atoms with Crippen molar-refractivity contribution in [1.29, 1.82) is 0 Å². The van der Waals surface area contributed by atoms with Gasteiger partial charge in [0.2, 0.25) is 0 Å². The van der Waals surface area contributed by atoms with E-state index < -0.39 is 0 Å². The SMILES string of the molecule is Cc1ncsc1CN1CCC[C@@H](c2cncc(-c3nccn3C)n2)C1. The molecule has 0 amide bonds. The van der Waals surface area contributed by atoms with Crippen molar-refractivity contribution in [1.82, 2.24) is 29.4 Å². The van der Waals surface area contributed by atoms with Crippen LogP contribution in [-0.2, 0) is 13.6 Å². The molecule has 4 heterocycles. The normalized spacial score (nSPS) is 18.6. The van der Waals surface area contributed by atoms with Crippen LogP contribution in [-0.4, -0.2) is 42.5 Å². The smallest absolute Gasteiger partial charge is 0.159 e. The van der Waals surface area contributed by atoms with E-state index in [1.807, 2.05) is 29.5 Å². The Morgan fingerprint density at radius 3 is 2.96 bits per heavy atom. The van der Waals surface area contributed by atoms with Crippen molar-refractivity contribution in [3.05, 3.63) is 46.6 Å². The molecule has 7 heteroatoms. The molecule has 1 atom stereocenters. The zero-order valence-electron chi connectivity index (χ0n) is 14.6. The Hall–Kier alpha value is -2.12. The highest BCUT2D eigenvalue weighted by atomic mass is 32.1. The molecule has 1 saturated heterocycles. The van der Waals surface area contributed by atoms with Gasteiger partial charge < -0.3 is 4.57 Å². The third kappa shape index (κ3) is 3.48. The second kappa shape index (κ2) is 7.01. The molecule has 4 rings (SSSR count). The van der Waals surface area contributed by atoms with Gasteiger partial charge >= 0.3 is 0 Å². The lowest BCUT2D eigenvalue weighted by molar-refractivity contribution is 0.199. The molecule has 0 aliphatic carbocycles.